The summed E-state index contributed by atoms with van der Waals surface area (Å²) in [6.07, 6.45) is 1.85. The number of nitrogens with zero attached hydrogens (tertiary/aromatic N) is 4. The van der Waals surface area contributed by atoms with Gasteiger partial charge in [-0.15, -0.1) is 0 Å². The molecule has 4 nitrogen and oxygen atoms in total. The Balaban J connectivity index is 1.87. The summed E-state index contributed by atoms with van der Waals surface area (Å²) in [5.41, 5.74) is 3.13. The van der Waals surface area contributed by atoms with Crippen LogP contribution in [0.25, 0.3) is 0 Å². The third-order valence-corrected chi connectivity index (χ3v) is 4.61. The standard InChI is InChI=1S/C19H22N4/c1-4-18-21-17(11-20)10-19(22-18)23-12-16(9-14(23)3)15-7-5-13(2)6-8-15/h5-8,10,14,16H,4,9,12H2,1-3H3. The van der Waals surface area contributed by atoms with Crippen molar-refractivity contribution in [1.82, 2.24) is 9.97 Å². The van der Waals surface area contributed by atoms with Crippen LogP contribution in [0.1, 0.15) is 48.8 Å². The second-order valence-electron chi connectivity index (χ2n) is 6.34. The summed E-state index contributed by atoms with van der Waals surface area (Å²) in [5.74, 6) is 2.14. The highest BCUT2D eigenvalue weighted by molar-refractivity contribution is 5.46. The van der Waals surface area contributed by atoms with Crippen molar-refractivity contribution in [3.05, 3.63) is 53.0 Å². The maximum absolute atomic E-state index is 9.19. The fourth-order valence-electron chi connectivity index (χ4n) is 3.28. The van der Waals surface area contributed by atoms with Crippen LogP contribution in [-0.2, 0) is 6.42 Å². The monoisotopic (exact) mass is 306 g/mol. The molecule has 3 rings (SSSR count). The number of rotatable bonds is 3. The summed E-state index contributed by atoms with van der Waals surface area (Å²) < 4.78 is 0. The van der Waals surface area contributed by atoms with Crippen molar-refractivity contribution in [2.45, 2.75) is 45.6 Å². The summed E-state index contributed by atoms with van der Waals surface area (Å²) in [4.78, 5) is 11.2. The van der Waals surface area contributed by atoms with Crippen molar-refractivity contribution < 1.29 is 0 Å². The van der Waals surface area contributed by atoms with Gasteiger partial charge in [0.2, 0.25) is 0 Å². The molecule has 1 aliphatic rings. The van der Waals surface area contributed by atoms with E-state index < -0.39 is 0 Å². The molecule has 23 heavy (non-hydrogen) atoms. The van der Waals surface area contributed by atoms with Gasteiger partial charge in [-0.25, -0.2) is 9.97 Å². The first-order valence-corrected chi connectivity index (χ1v) is 8.22. The van der Waals surface area contributed by atoms with Crippen LogP contribution in [-0.4, -0.2) is 22.6 Å². The first kappa shape index (κ1) is 15.5. The van der Waals surface area contributed by atoms with Crippen molar-refractivity contribution in [2.24, 2.45) is 0 Å². The van der Waals surface area contributed by atoms with Crippen LogP contribution >= 0.6 is 0 Å². The second-order valence-corrected chi connectivity index (χ2v) is 6.34. The quantitative estimate of drug-likeness (QED) is 0.869. The second kappa shape index (κ2) is 6.37. The zero-order chi connectivity index (χ0) is 16.4. The molecule has 0 bridgehead atoms. The van der Waals surface area contributed by atoms with Gasteiger partial charge in [0.15, 0.2) is 0 Å². The fraction of sp³-hybridized carbons (Fsp3) is 0.421. The lowest BCUT2D eigenvalue weighted by Crippen LogP contribution is -2.28. The van der Waals surface area contributed by atoms with Crippen LogP contribution in [0.3, 0.4) is 0 Å². The molecule has 1 aliphatic heterocycles. The van der Waals surface area contributed by atoms with Crippen LogP contribution in [0.2, 0.25) is 0 Å². The molecular weight excluding hydrogens is 284 g/mol. The molecule has 2 heterocycles. The van der Waals surface area contributed by atoms with Gasteiger partial charge in [-0.3, -0.25) is 0 Å². The average Bonchev–Trinajstić information content (AvgIpc) is 2.96. The lowest BCUT2D eigenvalue weighted by Gasteiger charge is -2.23. The number of hydrogen-bond donors (Lipinski definition) is 0. The number of aryl methyl sites for hydroxylation is 2. The van der Waals surface area contributed by atoms with E-state index in [9.17, 15) is 5.26 Å². The number of nitriles is 1. The Bertz CT molecular complexity index is 730. The summed E-state index contributed by atoms with van der Waals surface area (Å²) in [6, 6.07) is 13.2. The number of anilines is 1. The van der Waals surface area contributed by atoms with Gasteiger partial charge in [-0.2, -0.15) is 5.26 Å². The number of aromatic nitrogens is 2. The molecule has 1 saturated heterocycles. The first-order chi connectivity index (χ1) is 11.1. The molecule has 2 atom stereocenters. The number of benzene rings is 1. The molecule has 1 aromatic carbocycles. The van der Waals surface area contributed by atoms with Crippen molar-refractivity contribution in [1.29, 1.82) is 5.26 Å². The minimum atomic E-state index is 0.410. The van der Waals surface area contributed by atoms with Crippen LogP contribution in [0.4, 0.5) is 5.82 Å². The smallest absolute Gasteiger partial charge is 0.146 e. The van der Waals surface area contributed by atoms with E-state index in [0.29, 0.717) is 17.7 Å². The minimum Gasteiger partial charge on any atom is -0.353 e. The topological polar surface area (TPSA) is 52.8 Å². The van der Waals surface area contributed by atoms with Crippen molar-refractivity contribution >= 4 is 5.82 Å². The Kier molecular flexibility index (Phi) is 4.29. The number of hydrogen-bond acceptors (Lipinski definition) is 4. The van der Waals surface area contributed by atoms with E-state index in [4.69, 9.17) is 0 Å². The molecule has 0 aliphatic carbocycles. The summed E-state index contributed by atoms with van der Waals surface area (Å²) in [5, 5.41) is 9.19. The maximum Gasteiger partial charge on any atom is 0.146 e. The predicted molar refractivity (Wildman–Crippen MR) is 91.5 cm³/mol. The zero-order valence-corrected chi connectivity index (χ0v) is 14.0. The van der Waals surface area contributed by atoms with Gasteiger partial charge in [-0.1, -0.05) is 36.8 Å². The molecular formula is C19H22N4. The molecule has 1 fully saturated rings. The molecule has 1 aromatic heterocycles. The van der Waals surface area contributed by atoms with E-state index in [1.807, 2.05) is 13.0 Å². The Morgan fingerprint density at radius 3 is 2.65 bits per heavy atom. The Hall–Kier alpha value is -2.41. The molecule has 118 valence electrons. The zero-order valence-electron chi connectivity index (χ0n) is 14.0. The van der Waals surface area contributed by atoms with Crippen molar-refractivity contribution in [2.75, 3.05) is 11.4 Å². The van der Waals surface area contributed by atoms with Crippen molar-refractivity contribution in [3.63, 3.8) is 0 Å². The Labute approximate surface area is 137 Å². The van der Waals surface area contributed by atoms with E-state index in [-0.39, 0.29) is 0 Å². The van der Waals surface area contributed by atoms with Gasteiger partial charge >= 0.3 is 0 Å². The Morgan fingerprint density at radius 1 is 1.26 bits per heavy atom. The fourth-order valence-corrected chi connectivity index (χ4v) is 3.28. The van der Waals surface area contributed by atoms with Gasteiger partial charge in [-0.05, 0) is 25.8 Å². The molecule has 0 radical (unpaired) electrons. The van der Waals surface area contributed by atoms with E-state index in [2.05, 4.69) is 59.1 Å². The largest absolute Gasteiger partial charge is 0.353 e. The third kappa shape index (κ3) is 3.19. The van der Waals surface area contributed by atoms with E-state index in [1.54, 1.807) is 0 Å². The minimum absolute atomic E-state index is 0.410. The SMILES string of the molecule is CCc1nc(C#N)cc(N2CC(c3ccc(C)cc3)CC2C)n1. The maximum atomic E-state index is 9.19. The highest BCUT2D eigenvalue weighted by Gasteiger charge is 2.31. The summed E-state index contributed by atoms with van der Waals surface area (Å²) >= 11 is 0. The van der Waals surface area contributed by atoms with E-state index in [0.717, 1.165) is 31.0 Å². The highest BCUT2D eigenvalue weighted by atomic mass is 15.2. The van der Waals surface area contributed by atoms with Crippen LogP contribution in [0.5, 0.6) is 0 Å². The van der Waals surface area contributed by atoms with E-state index in [1.165, 1.54) is 11.1 Å². The van der Waals surface area contributed by atoms with Gasteiger partial charge in [0.1, 0.15) is 23.4 Å². The normalized spacial score (nSPS) is 20.5. The van der Waals surface area contributed by atoms with Crippen LogP contribution < -0.4 is 4.90 Å². The van der Waals surface area contributed by atoms with Gasteiger partial charge in [0.05, 0.1) is 0 Å². The predicted octanol–water partition coefficient (Wildman–Crippen LogP) is 3.60. The lowest BCUT2D eigenvalue weighted by atomic mass is 9.96. The molecule has 2 aromatic rings. The van der Waals surface area contributed by atoms with Crippen LogP contribution in [0, 0.1) is 18.3 Å². The average molecular weight is 306 g/mol. The van der Waals surface area contributed by atoms with E-state index >= 15 is 0 Å². The van der Waals surface area contributed by atoms with Gasteiger partial charge in [0.25, 0.3) is 0 Å². The highest BCUT2D eigenvalue weighted by Crippen LogP contribution is 2.34. The molecule has 0 N–H and O–H groups in total. The molecule has 4 heteroatoms. The Morgan fingerprint density at radius 2 is 2.00 bits per heavy atom. The summed E-state index contributed by atoms with van der Waals surface area (Å²) in [6.45, 7) is 7.30. The van der Waals surface area contributed by atoms with Crippen LogP contribution in [0.15, 0.2) is 30.3 Å². The third-order valence-electron chi connectivity index (χ3n) is 4.61. The van der Waals surface area contributed by atoms with Gasteiger partial charge < -0.3 is 4.90 Å². The van der Waals surface area contributed by atoms with Crippen molar-refractivity contribution in [3.8, 4) is 6.07 Å². The van der Waals surface area contributed by atoms with Gasteiger partial charge in [0, 0.05) is 31.0 Å². The summed E-state index contributed by atoms with van der Waals surface area (Å²) in [7, 11) is 0. The molecule has 0 saturated carbocycles. The first-order valence-electron chi connectivity index (χ1n) is 8.22. The lowest BCUT2D eigenvalue weighted by molar-refractivity contribution is 0.695. The molecule has 0 spiro atoms. The molecule has 2 unspecified atom stereocenters. The molecule has 0 amide bonds.